The second-order valence-corrected chi connectivity index (χ2v) is 8.21. The van der Waals surface area contributed by atoms with Gasteiger partial charge >= 0.3 is 0 Å². The Labute approximate surface area is 155 Å². The zero-order chi connectivity index (χ0) is 18.0. The third-order valence-corrected chi connectivity index (χ3v) is 5.47. The molecular weight excluding hydrogens is 336 g/mol. The van der Waals surface area contributed by atoms with Gasteiger partial charge in [0.25, 0.3) is 0 Å². The van der Waals surface area contributed by atoms with Crippen LogP contribution in [-0.2, 0) is 4.79 Å². The predicted octanol–water partition coefficient (Wildman–Crippen LogP) is 2.19. The van der Waals surface area contributed by atoms with Gasteiger partial charge in [0.05, 0.1) is 5.54 Å². The van der Waals surface area contributed by atoms with Crippen molar-refractivity contribution in [3.63, 3.8) is 0 Å². The number of benzene rings is 1. The van der Waals surface area contributed by atoms with Gasteiger partial charge in [-0.25, -0.2) is 0 Å². The van der Waals surface area contributed by atoms with E-state index in [9.17, 15) is 4.79 Å². The van der Waals surface area contributed by atoms with Crippen LogP contribution in [0.3, 0.4) is 0 Å². The number of piperazine rings is 1. The van der Waals surface area contributed by atoms with Gasteiger partial charge in [0.2, 0.25) is 5.91 Å². The monoisotopic (exact) mass is 364 g/mol. The fourth-order valence-corrected chi connectivity index (χ4v) is 4.05. The lowest BCUT2D eigenvalue weighted by molar-refractivity contribution is -0.138. The molecule has 0 unspecified atom stereocenters. The van der Waals surface area contributed by atoms with Crippen LogP contribution >= 0.6 is 11.6 Å². The van der Waals surface area contributed by atoms with Crippen molar-refractivity contribution in [2.45, 2.75) is 38.3 Å². The number of halogens is 1. The minimum atomic E-state index is -0.785. The Bertz CT molecular complexity index is 608. The average molecular weight is 365 g/mol. The van der Waals surface area contributed by atoms with Crippen molar-refractivity contribution < 1.29 is 4.79 Å². The van der Waals surface area contributed by atoms with E-state index in [4.69, 9.17) is 17.3 Å². The van der Waals surface area contributed by atoms with Crippen molar-refractivity contribution in [2.24, 2.45) is 5.73 Å². The summed E-state index contributed by atoms with van der Waals surface area (Å²) in [6.07, 6.45) is 2.22. The summed E-state index contributed by atoms with van der Waals surface area (Å²) in [7, 11) is 0. The van der Waals surface area contributed by atoms with Crippen LogP contribution in [0, 0.1) is 0 Å². The Morgan fingerprint density at radius 2 is 1.92 bits per heavy atom. The van der Waals surface area contributed by atoms with E-state index < -0.39 is 5.54 Å². The molecule has 138 valence electrons. The maximum Gasteiger partial charge on any atom is 0.242 e. The van der Waals surface area contributed by atoms with Crippen molar-refractivity contribution >= 4 is 23.2 Å². The molecule has 0 bridgehead atoms. The number of hydrogen-bond acceptors (Lipinski definition) is 4. The summed E-state index contributed by atoms with van der Waals surface area (Å²) in [5.41, 5.74) is 6.41. The summed E-state index contributed by atoms with van der Waals surface area (Å²) < 4.78 is 0. The van der Waals surface area contributed by atoms with Crippen LogP contribution in [0.2, 0.25) is 5.02 Å². The predicted molar refractivity (Wildman–Crippen MR) is 103 cm³/mol. The molecule has 1 amide bonds. The Morgan fingerprint density at radius 1 is 1.20 bits per heavy atom. The first-order valence-corrected chi connectivity index (χ1v) is 9.55. The van der Waals surface area contributed by atoms with Crippen molar-refractivity contribution in [3.05, 3.63) is 29.3 Å². The summed E-state index contributed by atoms with van der Waals surface area (Å²) in [6.45, 7) is 9.25. The quantitative estimate of drug-likeness (QED) is 0.893. The Hall–Kier alpha value is -1.30. The van der Waals surface area contributed by atoms with Gasteiger partial charge in [-0.2, -0.15) is 0 Å². The van der Waals surface area contributed by atoms with E-state index in [2.05, 4.69) is 15.9 Å². The highest BCUT2D eigenvalue weighted by Gasteiger charge is 2.34. The number of likely N-dealkylation sites (tertiary alicyclic amines) is 1. The molecule has 0 radical (unpaired) electrons. The highest BCUT2D eigenvalue weighted by Crippen LogP contribution is 2.23. The molecule has 2 saturated heterocycles. The highest BCUT2D eigenvalue weighted by atomic mass is 35.5. The molecule has 0 saturated carbocycles. The van der Waals surface area contributed by atoms with E-state index >= 15 is 0 Å². The second-order valence-electron chi connectivity index (χ2n) is 7.77. The average Bonchev–Trinajstić information content (AvgIpc) is 2.60. The van der Waals surface area contributed by atoms with E-state index in [0.717, 1.165) is 57.1 Å². The molecule has 25 heavy (non-hydrogen) atoms. The van der Waals surface area contributed by atoms with Gasteiger partial charge in [0.15, 0.2) is 0 Å². The number of nitrogens with zero attached hydrogens (tertiary/aromatic N) is 3. The Balaban J connectivity index is 1.56. The number of piperidine rings is 1. The SMILES string of the molecule is CC(C)(N)C(=O)N1CCC[C@H](N2CCN(c3cccc(Cl)c3)CC2)C1. The van der Waals surface area contributed by atoms with Crippen LogP contribution < -0.4 is 10.6 Å². The largest absolute Gasteiger partial charge is 0.369 e. The lowest BCUT2D eigenvalue weighted by Crippen LogP contribution is -2.59. The maximum absolute atomic E-state index is 12.5. The second kappa shape index (κ2) is 7.52. The van der Waals surface area contributed by atoms with Crippen LogP contribution in [0.5, 0.6) is 0 Å². The zero-order valence-electron chi connectivity index (χ0n) is 15.2. The molecule has 3 rings (SSSR count). The van der Waals surface area contributed by atoms with Crippen LogP contribution in [0.4, 0.5) is 5.69 Å². The van der Waals surface area contributed by atoms with Gasteiger partial charge in [-0.3, -0.25) is 9.69 Å². The number of carbonyl (C=O) groups excluding carboxylic acids is 1. The summed E-state index contributed by atoms with van der Waals surface area (Å²) in [6, 6.07) is 8.51. The van der Waals surface area contributed by atoms with E-state index in [1.165, 1.54) is 5.69 Å². The normalized spacial score (nSPS) is 23.0. The molecule has 2 N–H and O–H groups in total. The van der Waals surface area contributed by atoms with Gasteiger partial charge in [0, 0.05) is 56.0 Å². The number of anilines is 1. The van der Waals surface area contributed by atoms with Crippen LogP contribution in [-0.4, -0.2) is 66.6 Å². The molecule has 1 aromatic rings. The molecular formula is C19H29ClN4O. The molecule has 2 aliphatic rings. The summed E-state index contributed by atoms with van der Waals surface area (Å²) in [5, 5.41) is 0.783. The molecule has 0 aliphatic carbocycles. The molecule has 5 nitrogen and oxygen atoms in total. The minimum absolute atomic E-state index is 0.0646. The molecule has 2 fully saturated rings. The van der Waals surface area contributed by atoms with Crippen LogP contribution in [0.15, 0.2) is 24.3 Å². The summed E-state index contributed by atoms with van der Waals surface area (Å²) >= 11 is 6.11. The molecule has 1 atom stereocenters. The van der Waals surface area contributed by atoms with Gasteiger partial charge in [0.1, 0.15) is 0 Å². The molecule has 6 heteroatoms. The van der Waals surface area contributed by atoms with E-state index in [1.54, 1.807) is 13.8 Å². The van der Waals surface area contributed by atoms with Crippen molar-refractivity contribution in [2.75, 3.05) is 44.2 Å². The van der Waals surface area contributed by atoms with Gasteiger partial charge in [-0.05, 0) is 44.9 Å². The molecule has 1 aromatic carbocycles. The molecule has 2 aliphatic heterocycles. The standard InChI is InChI=1S/C19H29ClN4O/c1-19(2,21)18(25)24-8-4-7-17(14-24)23-11-9-22(10-12-23)16-6-3-5-15(20)13-16/h3,5-6,13,17H,4,7-12,14,21H2,1-2H3/t17-/m0/s1. The number of amides is 1. The number of carbonyl (C=O) groups is 1. The fraction of sp³-hybridized carbons (Fsp3) is 0.632. The smallest absolute Gasteiger partial charge is 0.242 e. The van der Waals surface area contributed by atoms with Gasteiger partial charge < -0.3 is 15.5 Å². The number of rotatable bonds is 3. The van der Waals surface area contributed by atoms with Crippen LogP contribution in [0.1, 0.15) is 26.7 Å². The fourth-order valence-electron chi connectivity index (χ4n) is 3.86. The Kier molecular flexibility index (Phi) is 5.56. The third kappa shape index (κ3) is 4.46. The van der Waals surface area contributed by atoms with Crippen LogP contribution in [0.25, 0.3) is 0 Å². The van der Waals surface area contributed by atoms with Crippen molar-refractivity contribution in [1.82, 2.24) is 9.80 Å². The lowest BCUT2D eigenvalue weighted by atomic mass is 9.99. The first kappa shape index (κ1) is 18.5. The van der Waals surface area contributed by atoms with E-state index in [-0.39, 0.29) is 5.91 Å². The number of hydrogen-bond donors (Lipinski definition) is 1. The maximum atomic E-state index is 12.5. The highest BCUT2D eigenvalue weighted by molar-refractivity contribution is 6.30. The lowest BCUT2D eigenvalue weighted by Gasteiger charge is -2.44. The third-order valence-electron chi connectivity index (χ3n) is 5.24. The zero-order valence-corrected chi connectivity index (χ0v) is 16.0. The van der Waals surface area contributed by atoms with E-state index in [0.29, 0.717) is 6.04 Å². The number of nitrogens with two attached hydrogens (primary N) is 1. The summed E-state index contributed by atoms with van der Waals surface area (Å²) in [5.74, 6) is 0.0646. The van der Waals surface area contributed by atoms with Gasteiger partial charge in [-0.15, -0.1) is 0 Å². The first-order valence-electron chi connectivity index (χ1n) is 9.17. The molecule has 0 spiro atoms. The Morgan fingerprint density at radius 3 is 2.56 bits per heavy atom. The topological polar surface area (TPSA) is 52.8 Å². The van der Waals surface area contributed by atoms with Gasteiger partial charge in [-0.1, -0.05) is 17.7 Å². The van der Waals surface area contributed by atoms with E-state index in [1.807, 2.05) is 23.1 Å². The van der Waals surface area contributed by atoms with Crippen molar-refractivity contribution in [3.8, 4) is 0 Å². The molecule has 2 heterocycles. The minimum Gasteiger partial charge on any atom is -0.369 e. The molecule has 0 aromatic heterocycles. The van der Waals surface area contributed by atoms with Crippen molar-refractivity contribution in [1.29, 1.82) is 0 Å². The summed E-state index contributed by atoms with van der Waals surface area (Å²) in [4.78, 5) is 19.4. The first-order chi connectivity index (χ1) is 11.8.